The minimum absolute atomic E-state index is 0.861. The van der Waals surface area contributed by atoms with Crippen LogP contribution in [-0.4, -0.2) is 18.0 Å². The Labute approximate surface area is 146 Å². The Kier molecular flexibility index (Phi) is 5.38. The fraction of sp³-hybridized carbons (Fsp3) is 0.375. The Balaban J connectivity index is 1.54. The van der Waals surface area contributed by atoms with Crippen LogP contribution in [0.4, 0.5) is 5.69 Å². The second kappa shape index (κ2) is 7.27. The maximum Gasteiger partial charge on any atom is 0.0843 e. The predicted molar refractivity (Wildman–Crippen MR) is 98.0 cm³/mol. The lowest BCUT2D eigenvalue weighted by Gasteiger charge is -2.14. The molecule has 0 saturated carbocycles. The zero-order chi connectivity index (χ0) is 14.7. The lowest BCUT2D eigenvalue weighted by molar-refractivity contribution is 0.331. The summed E-state index contributed by atoms with van der Waals surface area (Å²) < 4.78 is 2.28. The first kappa shape index (κ1) is 15.5. The molecule has 0 atom stereocenters. The van der Waals surface area contributed by atoms with Gasteiger partial charge in [-0.2, -0.15) is 0 Å². The number of thiophene rings is 1. The summed E-state index contributed by atoms with van der Waals surface area (Å²) in [6.45, 7) is 4.45. The minimum atomic E-state index is 0.861. The number of nitrogens with zero attached hydrogens (tertiary/aromatic N) is 1. The van der Waals surface area contributed by atoms with E-state index in [0.717, 1.165) is 21.3 Å². The van der Waals surface area contributed by atoms with Gasteiger partial charge in [0.1, 0.15) is 0 Å². The smallest absolute Gasteiger partial charge is 0.0843 e. The van der Waals surface area contributed by atoms with Crippen LogP contribution in [-0.2, 0) is 13.1 Å². The summed E-state index contributed by atoms with van der Waals surface area (Å²) in [7, 11) is 0. The molecule has 2 aromatic rings. The fourth-order valence-electron chi connectivity index (χ4n) is 2.59. The van der Waals surface area contributed by atoms with Crippen molar-refractivity contribution in [1.29, 1.82) is 0 Å². The second-order valence-corrected chi connectivity index (χ2v) is 8.68. The van der Waals surface area contributed by atoms with Crippen LogP contribution in [0.1, 0.15) is 23.3 Å². The monoisotopic (exact) mass is 428 g/mol. The molecular formula is C16H18Br2N2S. The van der Waals surface area contributed by atoms with Gasteiger partial charge in [-0.25, -0.2) is 0 Å². The molecule has 1 aliphatic rings. The number of nitrogens with one attached hydrogen (secondary N) is 1. The van der Waals surface area contributed by atoms with Crippen molar-refractivity contribution in [2.24, 2.45) is 0 Å². The zero-order valence-corrected chi connectivity index (χ0v) is 15.7. The largest absolute Gasteiger partial charge is 0.380 e. The number of benzene rings is 1. The third kappa shape index (κ3) is 4.31. The Morgan fingerprint density at radius 1 is 1.10 bits per heavy atom. The van der Waals surface area contributed by atoms with Crippen molar-refractivity contribution in [2.45, 2.75) is 25.9 Å². The molecular weight excluding hydrogens is 412 g/mol. The molecule has 5 heteroatoms. The third-order valence-electron chi connectivity index (χ3n) is 3.72. The standard InChI is InChI=1S/C16H18Br2N2S/c17-15-9-14(21-16(15)18)10-19-13-5-3-12(4-6-13)11-20-7-1-2-8-20/h3-6,9,19H,1-2,7-8,10-11H2. The molecule has 2 nitrogen and oxygen atoms in total. The van der Waals surface area contributed by atoms with Gasteiger partial charge in [0, 0.05) is 28.1 Å². The van der Waals surface area contributed by atoms with Gasteiger partial charge in [-0.05, 0) is 81.6 Å². The number of rotatable bonds is 5. The molecule has 0 unspecified atom stereocenters. The molecule has 21 heavy (non-hydrogen) atoms. The molecule has 1 fully saturated rings. The van der Waals surface area contributed by atoms with Crippen LogP contribution < -0.4 is 5.32 Å². The van der Waals surface area contributed by atoms with E-state index in [9.17, 15) is 0 Å². The van der Waals surface area contributed by atoms with E-state index in [2.05, 4.69) is 72.4 Å². The molecule has 3 rings (SSSR count). The van der Waals surface area contributed by atoms with E-state index >= 15 is 0 Å². The lowest BCUT2D eigenvalue weighted by Crippen LogP contribution is -2.18. The van der Waals surface area contributed by atoms with Gasteiger partial charge in [-0.15, -0.1) is 11.3 Å². The lowest BCUT2D eigenvalue weighted by atomic mass is 10.2. The SMILES string of the molecule is Brc1cc(CNc2ccc(CN3CCCC3)cc2)sc1Br. The first-order valence-electron chi connectivity index (χ1n) is 7.19. The minimum Gasteiger partial charge on any atom is -0.380 e. The number of hydrogen-bond donors (Lipinski definition) is 1. The van der Waals surface area contributed by atoms with E-state index in [4.69, 9.17) is 0 Å². The first-order valence-corrected chi connectivity index (χ1v) is 9.60. The number of anilines is 1. The van der Waals surface area contributed by atoms with E-state index in [1.165, 1.54) is 42.1 Å². The van der Waals surface area contributed by atoms with Crippen molar-refractivity contribution in [3.8, 4) is 0 Å². The highest BCUT2D eigenvalue weighted by Gasteiger charge is 2.11. The van der Waals surface area contributed by atoms with E-state index in [1.807, 2.05) is 0 Å². The topological polar surface area (TPSA) is 15.3 Å². The Morgan fingerprint density at radius 3 is 2.43 bits per heavy atom. The quantitative estimate of drug-likeness (QED) is 0.676. The molecule has 0 amide bonds. The number of halogens is 2. The maximum atomic E-state index is 3.53. The van der Waals surface area contributed by atoms with Crippen molar-refractivity contribution in [3.63, 3.8) is 0 Å². The predicted octanol–water partition coefficient (Wildman–Crippen LogP) is 5.48. The van der Waals surface area contributed by atoms with Crippen molar-refractivity contribution in [3.05, 3.63) is 49.0 Å². The molecule has 1 aliphatic heterocycles. The molecule has 0 aliphatic carbocycles. The summed E-state index contributed by atoms with van der Waals surface area (Å²) >= 11 is 8.82. The van der Waals surface area contributed by atoms with Gasteiger partial charge in [0.2, 0.25) is 0 Å². The van der Waals surface area contributed by atoms with Crippen LogP contribution in [0.2, 0.25) is 0 Å². The molecule has 0 spiro atoms. The molecule has 2 heterocycles. The van der Waals surface area contributed by atoms with E-state index in [-0.39, 0.29) is 0 Å². The molecule has 1 N–H and O–H groups in total. The Hall–Kier alpha value is -0.360. The maximum absolute atomic E-state index is 3.53. The van der Waals surface area contributed by atoms with Crippen molar-refractivity contribution in [2.75, 3.05) is 18.4 Å². The molecule has 0 bridgehead atoms. The summed E-state index contributed by atoms with van der Waals surface area (Å²) in [4.78, 5) is 3.85. The van der Waals surface area contributed by atoms with Gasteiger partial charge in [0.25, 0.3) is 0 Å². The third-order valence-corrected chi connectivity index (χ3v) is 6.98. The first-order chi connectivity index (χ1) is 10.2. The highest BCUT2D eigenvalue weighted by Crippen LogP contribution is 2.32. The molecule has 1 saturated heterocycles. The normalized spacial score (nSPS) is 15.5. The van der Waals surface area contributed by atoms with Crippen LogP contribution >= 0.6 is 43.2 Å². The molecule has 112 valence electrons. The summed E-state index contributed by atoms with van der Waals surface area (Å²) in [6, 6.07) is 11.0. The van der Waals surface area contributed by atoms with Crippen LogP contribution in [0.15, 0.2) is 38.6 Å². The van der Waals surface area contributed by atoms with E-state index < -0.39 is 0 Å². The van der Waals surface area contributed by atoms with Crippen LogP contribution in [0, 0.1) is 0 Å². The van der Waals surface area contributed by atoms with Gasteiger partial charge < -0.3 is 5.32 Å². The van der Waals surface area contributed by atoms with Gasteiger partial charge in [0.05, 0.1) is 3.79 Å². The average Bonchev–Trinajstić information content (AvgIpc) is 3.09. The summed E-state index contributed by atoms with van der Waals surface area (Å²) in [5.74, 6) is 0. The summed E-state index contributed by atoms with van der Waals surface area (Å²) in [6.07, 6.45) is 2.71. The van der Waals surface area contributed by atoms with Crippen molar-refractivity contribution in [1.82, 2.24) is 4.90 Å². The van der Waals surface area contributed by atoms with Crippen LogP contribution in [0.3, 0.4) is 0 Å². The second-order valence-electron chi connectivity index (χ2n) is 5.37. The molecule has 0 radical (unpaired) electrons. The van der Waals surface area contributed by atoms with Crippen LogP contribution in [0.25, 0.3) is 0 Å². The van der Waals surface area contributed by atoms with Crippen molar-refractivity contribution < 1.29 is 0 Å². The van der Waals surface area contributed by atoms with Gasteiger partial charge >= 0.3 is 0 Å². The highest BCUT2D eigenvalue weighted by molar-refractivity contribution is 9.13. The Morgan fingerprint density at radius 2 is 1.81 bits per heavy atom. The average molecular weight is 430 g/mol. The van der Waals surface area contributed by atoms with E-state index in [1.54, 1.807) is 11.3 Å². The Bertz CT molecular complexity index is 569. The fourth-order valence-corrected chi connectivity index (χ4v) is 4.71. The van der Waals surface area contributed by atoms with Gasteiger partial charge in [-0.3, -0.25) is 4.90 Å². The van der Waals surface area contributed by atoms with Gasteiger partial charge in [-0.1, -0.05) is 12.1 Å². The molecule has 1 aromatic heterocycles. The number of hydrogen-bond acceptors (Lipinski definition) is 3. The summed E-state index contributed by atoms with van der Waals surface area (Å²) in [5, 5.41) is 3.48. The molecule has 1 aromatic carbocycles. The zero-order valence-electron chi connectivity index (χ0n) is 11.7. The van der Waals surface area contributed by atoms with Crippen molar-refractivity contribution >= 4 is 48.9 Å². The summed E-state index contributed by atoms with van der Waals surface area (Å²) in [5.41, 5.74) is 2.59. The highest BCUT2D eigenvalue weighted by atomic mass is 79.9. The van der Waals surface area contributed by atoms with Gasteiger partial charge in [0.15, 0.2) is 0 Å². The number of likely N-dealkylation sites (tertiary alicyclic amines) is 1. The van der Waals surface area contributed by atoms with E-state index in [0.29, 0.717) is 0 Å². The van der Waals surface area contributed by atoms with Crippen LogP contribution in [0.5, 0.6) is 0 Å².